The molecule has 0 aliphatic carbocycles. The predicted molar refractivity (Wildman–Crippen MR) is 98.6 cm³/mol. The molecule has 3 aromatic rings. The van der Waals surface area contributed by atoms with E-state index < -0.39 is 23.2 Å². The van der Waals surface area contributed by atoms with Crippen molar-refractivity contribution in [1.82, 2.24) is 5.32 Å². The lowest BCUT2D eigenvalue weighted by Gasteiger charge is -2.20. The number of carbonyl (C=O) groups excluding carboxylic acids is 2. The first kappa shape index (κ1) is 18.6. The molecule has 0 saturated heterocycles. The van der Waals surface area contributed by atoms with Gasteiger partial charge in [0.15, 0.2) is 0 Å². The Morgan fingerprint density at radius 1 is 1.15 bits per heavy atom. The molecule has 1 aromatic heterocycles. The lowest BCUT2D eigenvalue weighted by Crippen LogP contribution is -2.43. The molecule has 1 heterocycles. The van der Waals surface area contributed by atoms with Gasteiger partial charge in [0.2, 0.25) is 0 Å². The number of aryl methyl sites for hydroxylation is 1. The summed E-state index contributed by atoms with van der Waals surface area (Å²) in [6.07, 6.45) is 0. The molecule has 0 saturated carbocycles. The Morgan fingerprint density at radius 2 is 1.89 bits per heavy atom. The molecule has 3 N–H and O–H groups in total. The van der Waals surface area contributed by atoms with Crippen molar-refractivity contribution in [3.05, 3.63) is 65.7 Å². The van der Waals surface area contributed by atoms with E-state index in [9.17, 15) is 19.1 Å². The summed E-state index contributed by atoms with van der Waals surface area (Å²) in [4.78, 5) is 23.9. The highest BCUT2D eigenvalue weighted by molar-refractivity contribution is 6.39. The molecule has 0 radical (unpaired) electrons. The Bertz CT molecular complexity index is 977. The van der Waals surface area contributed by atoms with Crippen molar-refractivity contribution >= 4 is 28.5 Å². The Labute approximate surface area is 155 Å². The minimum absolute atomic E-state index is 0.169. The molecule has 6 nitrogen and oxygen atoms in total. The Morgan fingerprint density at radius 3 is 2.59 bits per heavy atom. The van der Waals surface area contributed by atoms with E-state index in [1.54, 1.807) is 19.1 Å². The van der Waals surface area contributed by atoms with Gasteiger partial charge >= 0.3 is 11.8 Å². The van der Waals surface area contributed by atoms with Crippen LogP contribution in [0.3, 0.4) is 0 Å². The Kier molecular flexibility index (Phi) is 4.96. The second kappa shape index (κ2) is 7.20. The molecule has 0 aliphatic rings. The van der Waals surface area contributed by atoms with Crippen LogP contribution in [0.4, 0.5) is 10.1 Å². The first-order valence-electron chi connectivity index (χ1n) is 8.33. The summed E-state index contributed by atoms with van der Waals surface area (Å²) in [5.74, 6) is -2.13. The maximum absolute atomic E-state index is 13.5. The van der Waals surface area contributed by atoms with Gasteiger partial charge in [0.05, 0.1) is 6.54 Å². The second-order valence-corrected chi connectivity index (χ2v) is 6.52. The van der Waals surface area contributed by atoms with E-state index >= 15 is 0 Å². The molecule has 1 atom stereocenters. The van der Waals surface area contributed by atoms with Crippen molar-refractivity contribution in [2.24, 2.45) is 0 Å². The van der Waals surface area contributed by atoms with Crippen LogP contribution in [0.5, 0.6) is 0 Å². The number of anilines is 1. The summed E-state index contributed by atoms with van der Waals surface area (Å²) in [6.45, 7) is 2.83. The fraction of sp³-hybridized carbons (Fsp3) is 0.200. The highest BCUT2D eigenvalue weighted by atomic mass is 19.1. The fourth-order valence-corrected chi connectivity index (χ4v) is 2.53. The maximum atomic E-state index is 13.5. The van der Waals surface area contributed by atoms with Gasteiger partial charge in [-0.05, 0) is 43.7 Å². The van der Waals surface area contributed by atoms with Crippen LogP contribution >= 0.6 is 0 Å². The van der Waals surface area contributed by atoms with E-state index in [1.165, 1.54) is 19.1 Å². The number of halogens is 1. The van der Waals surface area contributed by atoms with E-state index in [0.717, 1.165) is 11.5 Å². The van der Waals surface area contributed by atoms with Gasteiger partial charge < -0.3 is 20.2 Å². The van der Waals surface area contributed by atoms with E-state index in [0.29, 0.717) is 11.1 Å². The van der Waals surface area contributed by atoms with Gasteiger partial charge in [-0.15, -0.1) is 0 Å². The summed E-state index contributed by atoms with van der Waals surface area (Å²) < 4.78 is 19.1. The number of para-hydroxylation sites is 1. The number of carbonyl (C=O) groups is 2. The zero-order valence-electron chi connectivity index (χ0n) is 14.9. The third-order valence-corrected chi connectivity index (χ3v) is 4.19. The largest absolute Gasteiger partial charge is 0.458 e. The van der Waals surface area contributed by atoms with Crippen molar-refractivity contribution in [2.75, 3.05) is 11.9 Å². The Hall–Kier alpha value is -3.19. The maximum Gasteiger partial charge on any atom is 0.313 e. The molecule has 27 heavy (non-hydrogen) atoms. The molecule has 2 aromatic carbocycles. The van der Waals surface area contributed by atoms with Gasteiger partial charge in [0, 0.05) is 11.1 Å². The minimum atomic E-state index is -1.51. The van der Waals surface area contributed by atoms with Crippen LogP contribution in [0.25, 0.3) is 11.0 Å². The van der Waals surface area contributed by atoms with Crippen LogP contribution in [0.1, 0.15) is 18.2 Å². The highest BCUT2D eigenvalue weighted by Crippen LogP contribution is 2.27. The van der Waals surface area contributed by atoms with E-state index in [1.807, 2.05) is 18.2 Å². The summed E-state index contributed by atoms with van der Waals surface area (Å²) >= 11 is 0. The smallest absolute Gasteiger partial charge is 0.313 e. The number of benzene rings is 2. The average molecular weight is 370 g/mol. The number of furan rings is 1. The number of fused-ring (bicyclic) bond motifs is 1. The number of aliphatic hydroxyl groups is 1. The van der Waals surface area contributed by atoms with Crippen LogP contribution in [0, 0.1) is 12.7 Å². The summed E-state index contributed by atoms with van der Waals surface area (Å²) in [5, 5.41) is 16.1. The summed E-state index contributed by atoms with van der Waals surface area (Å²) in [7, 11) is 0. The topological polar surface area (TPSA) is 91.6 Å². The SMILES string of the molecule is Cc1ccc(NC(=O)C(=O)NCC(C)(O)c2cc3ccccc3o2)cc1F. The number of rotatable bonds is 4. The minimum Gasteiger partial charge on any atom is -0.458 e. The standard InChI is InChI=1S/C20H19FN2O4/c1-12-7-8-14(10-15(12)21)23-19(25)18(24)22-11-20(2,26)17-9-13-5-3-4-6-16(13)27-17/h3-10,26H,11H2,1-2H3,(H,22,24)(H,23,25). The van der Waals surface area contributed by atoms with E-state index in [4.69, 9.17) is 4.42 Å². The third-order valence-electron chi connectivity index (χ3n) is 4.19. The van der Waals surface area contributed by atoms with Gasteiger partial charge in [-0.25, -0.2) is 4.39 Å². The monoisotopic (exact) mass is 370 g/mol. The van der Waals surface area contributed by atoms with Crippen molar-refractivity contribution in [3.63, 3.8) is 0 Å². The summed E-state index contributed by atoms with van der Waals surface area (Å²) in [6, 6.07) is 13.1. The predicted octanol–water partition coefficient (Wildman–Crippen LogP) is 2.84. The summed E-state index contributed by atoms with van der Waals surface area (Å²) in [5.41, 5.74) is -0.301. The quantitative estimate of drug-likeness (QED) is 0.616. The van der Waals surface area contributed by atoms with Gasteiger partial charge in [0.25, 0.3) is 0 Å². The van der Waals surface area contributed by atoms with Gasteiger partial charge in [0.1, 0.15) is 22.8 Å². The van der Waals surface area contributed by atoms with Crippen LogP contribution in [0.2, 0.25) is 0 Å². The lowest BCUT2D eigenvalue weighted by atomic mass is 10.0. The Balaban J connectivity index is 1.62. The van der Waals surface area contributed by atoms with Crippen molar-refractivity contribution in [1.29, 1.82) is 0 Å². The fourth-order valence-electron chi connectivity index (χ4n) is 2.53. The molecule has 0 fully saturated rings. The van der Waals surface area contributed by atoms with Crippen molar-refractivity contribution in [3.8, 4) is 0 Å². The first-order valence-corrected chi connectivity index (χ1v) is 8.33. The van der Waals surface area contributed by atoms with E-state index in [2.05, 4.69) is 10.6 Å². The molecule has 3 rings (SSSR count). The number of amides is 2. The molecule has 2 amide bonds. The number of hydrogen-bond acceptors (Lipinski definition) is 4. The molecule has 0 aliphatic heterocycles. The van der Waals surface area contributed by atoms with E-state index in [-0.39, 0.29) is 18.0 Å². The molecular weight excluding hydrogens is 351 g/mol. The first-order chi connectivity index (χ1) is 12.8. The molecular formula is C20H19FN2O4. The van der Waals surface area contributed by atoms with Crippen LogP contribution in [-0.4, -0.2) is 23.5 Å². The molecule has 1 unspecified atom stereocenters. The molecule has 0 bridgehead atoms. The van der Waals surface area contributed by atoms with Crippen molar-refractivity contribution < 1.29 is 23.5 Å². The number of nitrogens with one attached hydrogen (secondary N) is 2. The van der Waals surface area contributed by atoms with Crippen molar-refractivity contribution in [2.45, 2.75) is 19.4 Å². The lowest BCUT2D eigenvalue weighted by molar-refractivity contribution is -0.136. The zero-order valence-corrected chi connectivity index (χ0v) is 14.9. The zero-order chi connectivity index (χ0) is 19.6. The van der Waals surface area contributed by atoms with Gasteiger partial charge in [-0.1, -0.05) is 24.3 Å². The van der Waals surface area contributed by atoms with Crippen LogP contribution < -0.4 is 10.6 Å². The third kappa shape index (κ3) is 4.15. The second-order valence-electron chi connectivity index (χ2n) is 6.52. The normalized spacial score (nSPS) is 13.2. The van der Waals surface area contributed by atoms with Crippen LogP contribution in [-0.2, 0) is 15.2 Å². The molecule has 7 heteroatoms. The van der Waals surface area contributed by atoms with Gasteiger partial charge in [-0.3, -0.25) is 9.59 Å². The number of hydrogen-bond donors (Lipinski definition) is 3. The average Bonchev–Trinajstić information content (AvgIpc) is 3.08. The molecule has 0 spiro atoms. The van der Waals surface area contributed by atoms with Crippen LogP contribution in [0.15, 0.2) is 52.9 Å². The van der Waals surface area contributed by atoms with Gasteiger partial charge in [-0.2, -0.15) is 0 Å². The highest BCUT2D eigenvalue weighted by Gasteiger charge is 2.29. The molecule has 140 valence electrons.